The molecule has 0 atom stereocenters. The zero-order valence-electron chi connectivity index (χ0n) is 20.8. The van der Waals surface area contributed by atoms with Crippen LogP contribution in [0.4, 0.5) is 17.6 Å². The number of halogens is 4. The van der Waals surface area contributed by atoms with E-state index >= 15 is 4.39 Å². The summed E-state index contributed by atoms with van der Waals surface area (Å²) in [5, 5.41) is 0. The van der Waals surface area contributed by atoms with Crippen LogP contribution in [0.3, 0.4) is 0 Å². The van der Waals surface area contributed by atoms with Crippen LogP contribution in [-0.4, -0.2) is 0 Å². The highest BCUT2D eigenvalue weighted by molar-refractivity contribution is 5.31. The van der Waals surface area contributed by atoms with E-state index in [1.54, 1.807) is 6.07 Å². The van der Waals surface area contributed by atoms with Crippen molar-refractivity contribution < 1.29 is 17.6 Å². The Hall–Kier alpha value is -1.84. The zero-order valence-corrected chi connectivity index (χ0v) is 20.8. The SMILES string of the molecule is CC1CCC(C2CCC(c3ccc(C4CCC(c5cc(F)c(F)c(F)c5)CC4)c(F)c3)CC2)CC1. The summed E-state index contributed by atoms with van der Waals surface area (Å²) in [5.41, 5.74) is 2.43. The van der Waals surface area contributed by atoms with Crippen molar-refractivity contribution in [3.63, 3.8) is 0 Å². The third kappa shape index (κ3) is 5.47. The van der Waals surface area contributed by atoms with Crippen LogP contribution in [0.25, 0.3) is 0 Å². The largest absolute Gasteiger partial charge is 0.207 e. The van der Waals surface area contributed by atoms with Crippen molar-refractivity contribution in [1.29, 1.82) is 0 Å². The fourth-order valence-electron chi connectivity index (χ4n) is 7.36. The molecule has 0 aliphatic heterocycles. The van der Waals surface area contributed by atoms with Gasteiger partial charge < -0.3 is 0 Å². The average molecular weight is 487 g/mol. The molecule has 3 aliphatic rings. The highest BCUT2D eigenvalue weighted by atomic mass is 19.2. The summed E-state index contributed by atoms with van der Waals surface area (Å²) in [6.45, 7) is 2.38. The van der Waals surface area contributed by atoms with Crippen LogP contribution in [0.2, 0.25) is 0 Å². The molecule has 0 unspecified atom stereocenters. The lowest BCUT2D eigenvalue weighted by atomic mass is 9.68. The van der Waals surface area contributed by atoms with Gasteiger partial charge in [-0.2, -0.15) is 0 Å². The smallest absolute Gasteiger partial charge is 0.194 e. The van der Waals surface area contributed by atoms with Crippen LogP contribution in [0, 0.1) is 41.0 Å². The average Bonchev–Trinajstić information content (AvgIpc) is 2.88. The molecule has 5 rings (SSSR count). The number of rotatable bonds is 4. The summed E-state index contributed by atoms with van der Waals surface area (Å²) in [6.07, 6.45) is 13.5. The van der Waals surface area contributed by atoms with Gasteiger partial charge in [0.05, 0.1) is 0 Å². The van der Waals surface area contributed by atoms with Gasteiger partial charge in [0.25, 0.3) is 0 Å². The molecule has 2 aromatic carbocycles. The van der Waals surface area contributed by atoms with Crippen LogP contribution in [-0.2, 0) is 0 Å². The van der Waals surface area contributed by atoms with Crippen molar-refractivity contribution in [1.82, 2.24) is 0 Å². The van der Waals surface area contributed by atoms with Gasteiger partial charge >= 0.3 is 0 Å². The lowest BCUT2D eigenvalue weighted by Crippen LogP contribution is -2.24. The summed E-state index contributed by atoms with van der Waals surface area (Å²) < 4.78 is 55.8. The lowest BCUT2D eigenvalue weighted by molar-refractivity contribution is 0.165. The van der Waals surface area contributed by atoms with Gasteiger partial charge in [0.15, 0.2) is 17.5 Å². The van der Waals surface area contributed by atoms with E-state index in [0.717, 1.165) is 66.7 Å². The Balaban J connectivity index is 1.17. The molecule has 0 spiro atoms. The monoisotopic (exact) mass is 486 g/mol. The zero-order chi connectivity index (χ0) is 24.5. The summed E-state index contributed by atoms with van der Waals surface area (Å²) >= 11 is 0. The molecule has 2 aromatic rings. The highest BCUT2D eigenvalue weighted by Gasteiger charge is 2.31. The number of hydrogen-bond acceptors (Lipinski definition) is 0. The Morgan fingerprint density at radius 1 is 0.514 bits per heavy atom. The quantitative estimate of drug-likeness (QED) is 0.298. The predicted molar refractivity (Wildman–Crippen MR) is 132 cm³/mol. The molecule has 0 aromatic heterocycles. The van der Waals surface area contributed by atoms with Gasteiger partial charge in [-0.15, -0.1) is 0 Å². The van der Waals surface area contributed by atoms with Gasteiger partial charge in [0, 0.05) is 0 Å². The molecule has 0 amide bonds. The molecule has 4 heteroatoms. The third-order valence-electron chi connectivity index (χ3n) is 9.64. The maximum atomic E-state index is 15.2. The van der Waals surface area contributed by atoms with Gasteiger partial charge in [-0.25, -0.2) is 17.6 Å². The Morgan fingerprint density at radius 2 is 0.971 bits per heavy atom. The first-order valence-corrected chi connectivity index (χ1v) is 13.8. The van der Waals surface area contributed by atoms with Crippen molar-refractivity contribution in [3.8, 4) is 0 Å². The van der Waals surface area contributed by atoms with Crippen molar-refractivity contribution >= 4 is 0 Å². The van der Waals surface area contributed by atoms with Gasteiger partial charge in [-0.3, -0.25) is 0 Å². The minimum atomic E-state index is -1.42. The van der Waals surface area contributed by atoms with Crippen molar-refractivity contribution in [3.05, 3.63) is 70.3 Å². The fraction of sp³-hybridized carbons (Fsp3) is 0.613. The second-order valence-electron chi connectivity index (χ2n) is 11.8. The molecule has 190 valence electrons. The van der Waals surface area contributed by atoms with Crippen LogP contribution >= 0.6 is 0 Å². The van der Waals surface area contributed by atoms with E-state index in [2.05, 4.69) is 13.0 Å². The fourth-order valence-corrected chi connectivity index (χ4v) is 7.36. The molecule has 3 fully saturated rings. The maximum Gasteiger partial charge on any atom is 0.194 e. The van der Waals surface area contributed by atoms with E-state index in [1.807, 2.05) is 6.07 Å². The molecule has 0 saturated heterocycles. The molecular weight excluding hydrogens is 448 g/mol. The first-order chi connectivity index (χ1) is 16.9. The minimum absolute atomic E-state index is 0.0132. The molecule has 3 aliphatic carbocycles. The Labute approximate surface area is 207 Å². The summed E-state index contributed by atoms with van der Waals surface area (Å²) in [7, 11) is 0. The van der Waals surface area contributed by atoms with Crippen LogP contribution in [0.1, 0.15) is 118 Å². The first-order valence-electron chi connectivity index (χ1n) is 13.8. The third-order valence-corrected chi connectivity index (χ3v) is 9.64. The van der Waals surface area contributed by atoms with Crippen LogP contribution in [0.15, 0.2) is 30.3 Å². The predicted octanol–water partition coefficient (Wildman–Crippen LogP) is 9.78. The van der Waals surface area contributed by atoms with E-state index in [9.17, 15) is 13.2 Å². The second kappa shape index (κ2) is 10.6. The topological polar surface area (TPSA) is 0 Å². The van der Waals surface area contributed by atoms with E-state index in [0.29, 0.717) is 11.5 Å². The van der Waals surface area contributed by atoms with Gasteiger partial charge in [0.2, 0.25) is 0 Å². The Morgan fingerprint density at radius 3 is 1.54 bits per heavy atom. The normalized spacial score (nSPS) is 31.9. The van der Waals surface area contributed by atoms with Crippen LogP contribution < -0.4 is 0 Å². The molecule has 0 heterocycles. The number of benzene rings is 2. The number of hydrogen-bond donors (Lipinski definition) is 0. The van der Waals surface area contributed by atoms with Gasteiger partial charge in [-0.1, -0.05) is 31.9 Å². The Kier molecular flexibility index (Phi) is 7.55. The summed E-state index contributed by atoms with van der Waals surface area (Å²) in [4.78, 5) is 0. The molecule has 35 heavy (non-hydrogen) atoms. The molecule has 0 N–H and O–H groups in total. The molecule has 0 radical (unpaired) electrons. The molecule has 3 saturated carbocycles. The standard InChI is InChI=1S/C31H38F4/c1-19-2-4-20(5-3-19)21-6-8-22(9-7-21)25-14-15-27(28(32)16-25)24-12-10-23(11-13-24)26-17-29(33)31(35)30(34)18-26/h14-24H,2-13H2,1H3. The van der Waals surface area contributed by atoms with Crippen molar-refractivity contribution in [2.75, 3.05) is 0 Å². The summed E-state index contributed by atoms with van der Waals surface area (Å²) in [5.74, 6) is -0.539. The van der Waals surface area contributed by atoms with Gasteiger partial charge in [0.1, 0.15) is 5.82 Å². The Bertz CT molecular complexity index is 984. The van der Waals surface area contributed by atoms with E-state index in [-0.39, 0.29) is 17.7 Å². The van der Waals surface area contributed by atoms with Gasteiger partial charge in [-0.05, 0) is 135 Å². The van der Waals surface area contributed by atoms with Crippen LogP contribution in [0.5, 0.6) is 0 Å². The van der Waals surface area contributed by atoms with Crippen molar-refractivity contribution in [2.45, 2.75) is 102 Å². The first kappa shape index (κ1) is 24.8. The molecule has 0 nitrogen and oxygen atoms in total. The van der Waals surface area contributed by atoms with Crippen molar-refractivity contribution in [2.24, 2.45) is 17.8 Å². The molecular formula is C31H38F4. The highest BCUT2D eigenvalue weighted by Crippen LogP contribution is 2.45. The lowest BCUT2D eigenvalue weighted by Gasteiger charge is -2.37. The van der Waals surface area contributed by atoms with E-state index in [1.165, 1.54) is 51.4 Å². The molecule has 0 bridgehead atoms. The second-order valence-corrected chi connectivity index (χ2v) is 11.8. The summed E-state index contributed by atoms with van der Waals surface area (Å²) in [6, 6.07) is 8.13. The maximum absolute atomic E-state index is 15.2. The van der Waals surface area contributed by atoms with E-state index < -0.39 is 17.5 Å². The minimum Gasteiger partial charge on any atom is -0.207 e. The van der Waals surface area contributed by atoms with E-state index in [4.69, 9.17) is 0 Å².